The molecule has 1 fully saturated rings. The molecule has 1 saturated carbocycles. The summed E-state index contributed by atoms with van der Waals surface area (Å²) in [5.41, 5.74) is 12.7. The third-order valence-electron chi connectivity index (χ3n) is 8.61. The van der Waals surface area contributed by atoms with Crippen LogP contribution in [-0.4, -0.2) is 55.0 Å². The molecule has 9 N–H and O–H groups in total. The molecule has 1 aromatic heterocycles. The number of fused-ring (bicyclic) bond motifs is 3. The van der Waals surface area contributed by atoms with E-state index in [0.717, 1.165) is 16.1 Å². The summed E-state index contributed by atoms with van der Waals surface area (Å²) >= 11 is 1.38. The zero-order valence-corrected chi connectivity index (χ0v) is 23.3. The minimum atomic E-state index is -1.64. The highest BCUT2D eigenvalue weighted by Gasteiger charge is 2.59. The number of ketones is 2. The van der Waals surface area contributed by atoms with Crippen molar-refractivity contribution in [2.45, 2.75) is 31.9 Å². The maximum Gasteiger partial charge on any atom is 0.255 e. The summed E-state index contributed by atoms with van der Waals surface area (Å²) in [6, 6.07) is 11.5. The Kier molecular flexibility index (Phi) is 6.44. The van der Waals surface area contributed by atoms with Crippen LogP contribution in [0.4, 0.5) is 10.8 Å². The van der Waals surface area contributed by atoms with E-state index in [1.807, 2.05) is 37.3 Å². The van der Waals surface area contributed by atoms with E-state index in [4.69, 9.17) is 11.5 Å². The summed E-state index contributed by atoms with van der Waals surface area (Å²) < 4.78 is 0. The summed E-state index contributed by atoms with van der Waals surface area (Å²) in [5, 5.41) is 48.3. The van der Waals surface area contributed by atoms with Gasteiger partial charge in [0.25, 0.3) is 5.91 Å². The predicted octanol–water partition coefficient (Wildman–Crippen LogP) is 2.95. The zero-order valence-electron chi connectivity index (χ0n) is 22.5. The van der Waals surface area contributed by atoms with E-state index in [-0.39, 0.29) is 22.6 Å². The van der Waals surface area contributed by atoms with Crippen LogP contribution in [0.3, 0.4) is 0 Å². The number of anilines is 2. The number of hydrogen-bond donors (Lipinski definition) is 7. The largest absolute Gasteiger partial charge is 0.510 e. The number of amides is 1. The summed E-state index contributed by atoms with van der Waals surface area (Å²) in [5.74, 6) is -9.38. The van der Waals surface area contributed by atoms with E-state index in [2.05, 4.69) is 10.3 Å². The van der Waals surface area contributed by atoms with Gasteiger partial charge in [-0.1, -0.05) is 43.3 Å². The molecule has 0 aliphatic heterocycles. The number of primary amides is 1. The number of carbonyl (C=O) groups excluding carboxylic acids is 3. The highest BCUT2D eigenvalue weighted by atomic mass is 32.1. The fourth-order valence-electron chi connectivity index (χ4n) is 6.62. The molecule has 0 radical (unpaired) electrons. The van der Waals surface area contributed by atoms with E-state index in [9.17, 15) is 34.8 Å². The van der Waals surface area contributed by atoms with Gasteiger partial charge in [0, 0.05) is 27.8 Å². The second-order valence-corrected chi connectivity index (χ2v) is 12.0. The van der Waals surface area contributed by atoms with Gasteiger partial charge in [-0.3, -0.25) is 14.4 Å². The van der Waals surface area contributed by atoms with Gasteiger partial charge in [-0.2, -0.15) is 0 Å². The van der Waals surface area contributed by atoms with Crippen molar-refractivity contribution >= 4 is 45.4 Å². The SMILES string of the molecule is Cc1sc(Nc2ccc3c(c2O)C(O)=C2C(=O)C4C(=O)C(C(N)=O)=C(O)[C@@H](N)C4[C@@H](O)C2[C@H]3C)nc1-c1ccccc1. The molecule has 3 aromatic rings. The predicted molar refractivity (Wildman–Crippen MR) is 155 cm³/mol. The molecule has 0 saturated heterocycles. The maximum absolute atomic E-state index is 13.8. The van der Waals surface area contributed by atoms with Crippen molar-refractivity contribution in [2.75, 3.05) is 5.32 Å². The van der Waals surface area contributed by atoms with Gasteiger partial charge in [-0.05, 0) is 24.5 Å². The Hall–Kier alpha value is -4.52. The lowest BCUT2D eigenvalue weighted by Crippen LogP contribution is -2.60. The molecule has 1 amide bonds. The number of nitrogens with two attached hydrogens (primary N) is 2. The summed E-state index contributed by atoms with van der Waals surface area (Å²) in [6.45, 7) is 3.65. The Labute approximate surface area is 243 Å². The highest BCUT2D eigenvalue weighted by Crippen LogP contribution is 2.54. The molecule has 216 valence electrons. The number of aliphatic hydroxyl groups is 3. The van der Waals surface area contributed by atoms with Crippen LogP contribution >= 0.6 is 11.3 Å². The summed E-state index contributed by atoms with van der Waals surface area (Å²) in [6.07, 6.45) is -1.45. The smallest absolute Gasteiger partial charge is 0.255 e. The zero-order chi connectivity index (χ0) is 30.2. The number of rotatable bonds is 4. The lowest BCUT2D eigenvalue weighted by molar-refractivity contribution is -0.141. The molecule has 0 bridgehead atoms. The Bertz CT molecular complexity index is 1750. The van der Waals surface area contributed by atoms with Crippen LogP contribution in [0.2, 0.25) is 0 Å². The monoisotopic (exact) mass is 588 g/mol. The molecule has 3 aliphatic carbocycles. The topological polar surface area (TPSA) is 209 Å². The number of hydrogen-bond acceptors (Lipinski definition) is 11. The second kappa shape index (κ2) is 9.79. The summed E-state index contributed by atoms with van der Waals surface area (Å²) in [4.78, 5) is 44.6. The Morgan fingerprint density at radius 1 is 1.05 bits per heavy atom. The van der Waals surface area contributed by atoms with Gasteiger partial charge in [-0.15, -0.1) is 11.3 Å². The number of aliphatic hydroxyl groups excluding tert-OH is 3. The average Bonchev–Trinajstić information content (AvgIpc) is 3.32. The number of phenolic OH excluding ortho intramolecular Hbond substituents is 1. The molecule has 6 rings (SSSR count). The molecule has 42 heavy (non-hydrogen) atoms. The van der Waals surface area contributed by atoms with Gasteiger partial charge in [0.05, 0.1) is 35.0 Å². The van der Waals surface area contributed by atoms with Crippen molar-refractivity contribution in [3.05, 3.63) is 75.4 Å². The van der Waals surface area contributed by atoms with Crippen LogP contribution in [0.25, 0.3) is 17.0 Å². The fourth-order valence-corrected chi connectivity index (χ4v) is 7.47. The number of Topliss-reactive ketones (excluding diaryl/α,β-unsaturated/α-hetero) is 2. The van der Waals surface area contributed by atoms with Crippen molar-refractivity contribution < 1.29 is 34.8 Å². The number of carbonyl (C=O) groups is 3. The van der Waals surface area contributed by atoms with Crippen LogP contribution in [0.5, 0.6) is 5.75 Å². The number of phenols is 1. The first kappa shape index (κ1) is 27.6. The third-order valence-corrected chi connectivity index (χ3v) is 9.49. The van der Waals surface area contributed by atoms with Gasteiger partial charge >= 0.3 is 0 Å². The lowest BCUT2D eigenvalue weighted by Gasteiger charge is -2.48. The van der Waals surface area contributed by atoms with Gasteiger partial charge < -0.3 is 37.2 Å². The first-order valence-corrected chi connectivity index (χ1v) is 14.1. The van der Waals surface area contributed by atoms with Crippen LogP contribution in [-0.2, 0) is 14.4 Å². The maximum atomic E-state index is 13.8. The standard InChI is InChI=1S/C30H28N4O7S/c1-10-13-8-9-14(33-30-34-22(11(2)42-30)12-6-4-3-5-7-12)23(35)16(13)25(37)18-15(10)24(36)17-19(26(18)38)27(39)20(29(32)41)28(40)21(17)31/h3-10,15,17,19,21,24,35-37,40H,31H2,1-2H3,(H2,32,41)(H,33,34)/t10-,15?,17?,19?,21-,24-/m0/s1. The van der Waals surface area contributed by atoms with Crippen LogP contribution < -0.4 is 16.8 Å². The molecule has 6 atom stereocenters. The number of aryl methyl sites for hydroxylation is 1. The van der Waals surface area contributed by atoms with Crippen molar-refractivity contribution in [1.82, 2.24) is 4.98 Å². The number of nitrogens with zero attached hydrogens (tertiary/aromatic N) is 1. The lowest BCUT2D eigenvalue weighted by atomic mass is 9.56. The van der Waals surface area contributed by atoms with Gasteiger partial charge in [0.1, 0.15) is 22.8 Å². The summed E-state index contributed by atoms with van der Waals surface area (Å²) in [7, 11) is 0. The minimum Gasteiger partial charge on any atom is -0.510 e. The molecule has 1 heterocycles. The van der Waals surface area contributed by atoms with E-state index in [1.165, 1.54) is 11.3 Å². The van der Waals surface area contributed by atoms with E-state index in [0.29, 0.717) is 10.7 Å². The third kappa shape index (κ3) is 3.86. The Morgan fingerprint density at radius 2 is 1.74 bits per heavy atom. The molecule has 2 aromatic carbocycles. The molecule has 0 spiro atoms. The molecular formula is C30H28N4O7S. The van der Waals surface area contributed by atoms with Crippen molar-refractivity contribution in [3.63, 3.8) is 0 Å². The van der Waals surface area contributed by atoms with E-state index >= 15 is 0 Å². The number of benzene rings is 2. The van der Waals surface area contributed by atoms with Gasteiger partial charge in [-0.25, -0.2) is 4.98 Å². The second-order valence-electron chi connectivity index (χ2n) is 10.8. The van der Waals surface area contributed by atoms with E-state index < -0.39 is 70.4 Å². The number of aromatic hydroxyl groups is 1. The number of aromatic nitrogens is 1. The molecular weight excluding hydrogens is 560 g/mol. The van der Waals surface area contributed by atoms with Gasteiger partial charge in [0.15, 0.2) is 16.7 Å². The van der Waals surface area contributed by atoms with Crippen LogP contribution in [0.1, 0.15) is 28.8 Å². The highest BCUT2D eigenvalue weighted by molar-refractivity contribution is 7.16. The van der Waals surface area contributed by atoms with Gasteiger partial charge in [0.2, 0.25) is 0 Å². The minimum absolute atomic E-state index is 0.0182. The first-order valence-electron chi connectivity index (χ1n) is 13.3. The normalized spacial score (nSPS) is 27.0. The van der Waals surface area contributed by atoms with Crippen LogP contribution in [0, 0.1) is 24.7 Å². The van der Waals surface area contributed by atoms with Crippen LogP contribution in [0.15, 0.2) is 59.4 Å². The molecule has 12 heteroatoms. The Balaban J connectivity index is 1.42. The fraction of sp³-hybridized carbons (Fsp3) is 0.267. The Morgan fingerprint density at radius 3 is 2.40 bits per heavy atom. The van der Waals surface area contributed by atoms with Crippen molar-refractivity contribution in [1.29, 1.82) is 0 Å². The number of nitrogens with one attached hydrogen (secondary N) is 1. The quantitative estimate of drug-likeness (QED) is 0.135. The van der Waals surface area contributed by atoms with Crippen molar-refractivity contribution in [2.24, 2.45) is 29.2 Å². The molecule has 3 unspecified atom stereocenters. The molecule has 11 nitrogen and oxygen atoms in total. The first-order chi connectivity index (χ1) is 19.9. The average molecular weight is 589 g/mol. The number of thiazole rings is 1. The van der Waals surface area contributed by atoms with E-state index in [1.54, 1.807) is 19.1 Å². The molecule has 3 aliphatic rings. The van der Waals surface area contributed by atoms with Crippen molar-refractivity contribution in [3.8, 4) is 17.0 Å².